The van der Waals surface area contributed by atoms with Gasteiger partial charge in [-0.1, -0.05) is 24.6 Å². The van der Waals surface area contributed by atoms with E-state index in [9.17, 15) is 9.18 Å². The smallest absolute Gasteiger partial charge is 0.306 e. The van der Waals surface area contributed by atoms with Gasteiger partial charge in [-0.05, 0) is 50.0 Å². The maximum Gasteiger partial charge on any atom is 0.306 e. The van der Waals surface area contributed by atoms with E-state index >= 15 is 0 Å². The highest BCUT2D eigenvalue weighted by molar-refractivity contribution is 5.70. The van der Waals surface area contributed by atoms with Gasteiger partial charge in [0.25, 0.3) is 0 Å². The van der Waals surface area contributed by atoms with Crippen LogP contribution in [0.3, 0.4) is 0 Å². The van der Waals surface area contributed by atoms with Crippen LogP contribution in [-0.2, 0) is 14.3 Å². The lowest BCUT2D eigenvalue weighted by Gasteiger charge is -2.25. The van der Waals surface area contributed by atoms with Crippen molar-refractivity contribution < 1.29 is 18.7 Å². The van der Waals surface area contributed by atoms with Gasteiger partial charge in [0.15, 0.2) is 0 Å². The molecule has 3 rings (SSSR count). The molecule has 0 radical (unpaired) electrons. The van der Waals surface area contributed by atoms with E-state index in [4.69, 9.17) is 9.47 Å². The fourth-order valence-corrected chi connectivity index (χ4v) is 4.44. The molecular weight excluding hydrogens is 295 g/mol. The number of hydrogen-bond donors (Lipinski definition) is 0. The molecule has 0 spiro atoms. The number of esters is 1. The summed E-state index contributed by atoms with van der Waals surface area (Å²) in [4.78, 5) is 12.3. The lowest BCUT2D eigenvalue weighted by molar-refractivity contribution is -0.156. The van der Waals surface area contributed by atoms with Gasteiger partial charge in [0.05, 0.1) is 0 Å². The van der Waals surface area contributed by atoms with Crippen molar-refractivity contribution in [3.8, 4) is 0 Å². The number of carbonyl (C=O) groups excluding carboxylic acids is 1. The summed E-state index contributed by atoms with van der Waals surface area (Å²) in [5.41, 5.74) is 0.426. The first-order valence-corrected chi connectivity index (χ1v) is 8.55. The summed E-state index contributed by atoms with van der Waals surface area (Å²) in [6, 6.07) is 6.46. The van der Waals surface area contributed by atoms with Crippen LogP contribution in [-0.4, -0.2) is 19.2 Å². The summed E-state index contributed by atoms with van der Waals surface area (Å²) in [6.45, 7) is 1.76. The summed E-state index contributed by atoms with van der Waals surface area (Å²) in [5, 5.41) is 0. The van der Waals surface area contributed by atoms with E-state index in [1.807, 2.05) is 0 Å². The zero-order chi connectivity index (χ0) is 16.4. The third kappa shape index (κ3) is 3.57. The van der Waals surface area contributed by atoms with Gasteiger partial charge in [0.1, 0.15) is 18.0 Å². The molecule has 2 aliphatic rings. The van der Waals surface area contributed by atoms with Gasteiger partial charge in [-0.15, -0.1) is 0 Å². The number of halogens is 1. The summed E-state index contributed by atoms with van der Waals surface area (Å²) < 4.78 is 24.9. The molecular formula is C19H25FO3. The fraction of sp³-hybridized carbons (Fsp3) is 0.632. The Labute approximate surface area is 137 Å². The number of benzene rings is 1. The molecule has 0 heterocycles. The van der Waals surface area contributed by atoms with Crippen LogP contribution >= 0.6 is 0 Å². The van der Waals surface area contributed by atoms with Crippen LogP contribution in [0, 0.1) is 23.6 Å². The molecule has 2 fully saturated rings. The average molecular weight is 320 g/mol. The second kappa shape index (κ2) is 7.00. The van der Waals surface area contributed by atoms with Crippen molar-refractivity contribution in [2.45, 2.75) is 51.2 Å². The molecule has 23 heavy (non-hydrogen) atoms. The highest BCUT2D eigenvalue weighted by Crippen LogP contribution is 2.49. The predicted octanol–water partition coefficient (Wildman–Crippen LogP) is 4.27. The van der Waals surface area contributed by atoms with E-state index in [2.05, 4.69) is 0 Å². The van der Waals surface area contributed by atoms with Gasteiger partial charge in [-0.2, -0.15) is 0 Å². The van der Waals surface area contributed by atoms with E-state index in [-0.39, 0.29) is 11.8 Å². The predicted molar refractivity (Wildman–Crippen MR) is 85.3 cm³/mol. The second-order valence-electron chi connectivity index (χ2n) is 7.01. The first kappa shape index (κ1) is 16.4. The molecule has 2 saturated carbocycles. The van der Waals surface area contributed by atoms with Crippen molar-refractivity contribution in [1.82, 2.24) is 0 Å². The molecule has 1 aromatic rings. The molecule has 4 heteroatoms. The Balaban J connectivity index is 1.57. The third-order valence-electron chi connectivity index (χ3n) is 5.52. The van der Waals surface area contributed by atoms with E-state index in [0.717, 1.165) is 12.3 Å². The molecule has 2 aliphatic carbocycles. The van der Waals surface area contributed by atoms with Crippen LogP contribution in [0.15, 0.2) is 24.3 Å². The van der Waals surface area contributed by atoms with Gasteiger partial charge in [-0.3, -0.25) is 4.79 Å². The Morgan fingerprint density at radius 2 is 2.09 bits per heavy atom. The van der Waals surface area contributed by atoms with Crippen LogP contribution in [0.2, 0.25) is 0 Å². The lowest BCUT2D eigenvalue weighted by atomic mass is 9.86. The highest BCUT2D eigenvalue weighted by Gasteiger charge is 2.40. The van der Waals surface area contributed by atoms with Crippen LogP contribution in [0.5, 0.6) is 0 Å². The van der Waals surface area contributed by atoms with Gasteiger partial charge < -0.3 is 9.47 Å². The maximum absolute atomic E-state index is 13.9. The van der Waals surface area contributed by atoms with Crippen molar-refractivity contribution >= 4 is 5.97 Å². The minimum Gasteiger partial charge on any atom is -0.460 e. The Hall–Kier alpha value is -1.42. The molecule has 3 unspecified atom stereocenters. The first-order valence-electron chi connectivity index (χ1n) is 8.55. The van der Waals surface area contributed by atoms with E-state index in [1.165, 1.54) is 32.4 Å². The molecule has 0 amide bonds. The molecule has 0 saturated heterocycles. The first-order chi connectivity index (χ1) is 11.1. The number of carbonyl (C=O) groups is 1. The maximum atomic E-state index is 13.9. The van der Waals surface area contributed by atoms with Crippen molar-refractivity contribution in [3.63, 3.8) is 0 Å². The van der Waals surface area contributed by atoms with Crippen LogP contribution in [0.4, 0.5) is 4.39 Å². The quantitative estimate of drug-likeness (QED) is 0.734. The van der Waals surface area contributed by atoms with Crippen LogP contribution < -0.4 is 0 Å². The SMILES string of the molecule is CO[C@@H](c1ccccc1F)[C@H](C)OC(=O)CC1CC2CCC1C2. The van der Waals surface area contributed by atoms with Crippen molar-refractivity contribution in [2.75, 3.05) is 7.11 Å². The Kier molecular flexibility index (Phi) is 5.00. The molecule has 2 bridgehead atoms. The minimum atomic E-state index is -0.583. The molecule has 5 atom stereocenters. The zero-order valence-electron chi connectivity index (χ0n) is 13.8. The van der Waals surface area contributed by atoms with E-state index < -0.39 is 12.2 Å². The van der Waals surface area contributed by atoms with Crippen molar-refractivity contribution in [2.24, 2.45) is 17.8 Å². The minimum absolute atomic E-state index is 0.187. The molecule has 126 valence electrons. The van der Waals surface area contributed by atoms with E-state index in [1.54, 1.807) is 25.1 Å². The topological polar surface area (TPSA) is 35.5 Å². The average Bonchev–Trinajstić information content (AvgIpc) is 3.12. The Morgan fingerprint density at radius 3 is 2.70 bits per heavy atom. The molecule has 0 aliphatic heterocycles. The van der Waals surface area contributed by atoms with Crippen molar-refractivity contribution in [3.05, 3.63) is 35.6 Å². The Morgan fingerprint density at radius 1 is 1.30 bits per heavy atom. The normalized spacial score (nSPS) is 28.6. The highest BCUT2D eigenvalue weighted by atomic mass is 19.1. The molecule has 3 nitrogen and oxygen atoms in total. The zero-order valence-corrected chi connectivity index (χ0v) is 13.8. The molecule has 1 aromatic carbocycles. The third-order valence-corrected chi connectivity index (χ3v) is 5.52. The van der Waals surface area contributed by atoms with Gasteiger partial charge in [0.2, 0.25) is 0 Å². The van der Waals surface area contributed by atoms with Gasteiger partial charge in [-0.25, -0.2) is 4.39 Å². The standard InChI is InChI=1S/C19H25FO3/c1-12(19(22-2)16-5-3-4-6-17(16)20)23-18(21)11-15-10-13-7-8-14(15)9-13/h3-6,12-15,19H,7-11H2,1-2H3/t12-,13?,14?,15?,19+/m0/s1. The fourth-order valence-electron chi connectivity index (χ4n) is 4.44. The van der Waals surface area contributed by atoms with Gasteiger partial charge in [0, 0.05) is 19.1 Å². The van der Waals surface area contributed by atoms with Crippen molar-refractivity contribution in [1.29, 1.82) is 0 Å². The lowest BCUT2D eigenvalue weighted by Crippen LogP contribution is -2.26. The number of hydrogen-bond acceptors (Lipinski definition) is 3. The van der Waals surface area contributed by atoms with Gasteiger partial charge >= 0.3 is 5.97 Å². The summed E-state index contributed by atoms with van der Waals surface area (Å²) >= 11 is 0. The summed E-state index contributed by atoms with van der Waals surface area (Å²) in [5.74, 6) is 1.47. The van der Waals surface area contributed by atoms with E-state index in [0.29, 0.717) is 23.8 Å². The number of fused-ring (bicyclic) bond motifs is 2. The van der Waals surface area contributed by atoms with Crippen LogP contribution in [0.25, 0.3) is 0 Å². The number of methoxy groups -OCH3 is 1. The molecule has 0 aromatic heterocycles. The Bertz CT molecular complexity index is 559. The summed E-state index contributed by atoms with van der Waals surface area (Å²) in [7, 11) is 1.51. The molecule has 0 N–H and O–H groups in total. The largest absolute Gasteiger partial charge is 0.460 e. The monoisotopic (exact) mass is 320 g/mol. The number of rotatable bonds is 6. The van der Waals surface area contributed by atoms with Crippen LogP contribution in [0.1, 0.15) is 50.7 Å². The summed E-state index contributed by atoms with van der Waals surface area (Å²) in [6.07, 6.45) is 4.42. The second-order valence-corrected chi connectivity index (χ2v) is 7.01. The number of ether oxygens (including phenoxy) is 2.